The molecule has 21 heavy (non-hydrogen) atoms. The average molecular weight is 354 g/mol. The molecule has 0 aliphatic carbocycles. The van der Waals surface area contributed by atoms with Gasteiger partial charge in [-0.3, -0.25) is 14.5 Å². The fourth-order valence-corrected chi connectivity index (χ4v) is 2.66. The highest BCUT2D eigenvalue weighted by atomic mass is 79.9. The summed E-state index contributed by atoms with van der Waals surface area (Å²) in [7, 11) is 4.08. The molecule has 6 heteroatoms. The first kappa shape index (κ1) is 16.1. The van der Waals surface area contributed by atoms with E-state index in [9.17, 15) is 9.59 Å². The summed E-state index contributed by atoms with van der Waals surface area (Å²) in [5.41, 5.74) is 0.984. The minimum atomic E-state index is -0.202. The molecular weight excluding hydrogens is 334 g/mol. The van der Waals surface area contributed by atoms with Crippen LogP contribution in [0.2, 0.25) is 0 Å². The summed E-state index contributed by atoms with van der Waals surface area (Å²) in [5.74, 6) is -0.399. The van der Waals surface area contributed by atoms with Crippen LogP contribution in [0, 0.1) is 0 Å². The number of nitrogens with zero attached hydrogens (tertiary/aromatic N) is 2. The van der Waals surface area contributed by atoms with E-state index in [-0.39, 0.29) is 11.8 Å². The van der Waals surface area contributed by atoms with Crippen molar-refractivity contribution in [2.24, 2.45) is 0 Å². The van der Waals surface area contributed by atoms with E-state index >= 15 is 0 Å². The van der Waals surface area contributed by atoms with Gasteiger partial charge in [-0.1, -0.05) is 15.9 Å². The van der Waals surface area contributed by atoms with Gasteiger partial charge >= 0.3 is 0 Å². The lowest BCUT2D eigenvalue weighted by Crippen LogP contribution is -2.36. The Hall–Kier alpha value is -1.24. The van der Waals surface area contributed by atoms with E-state index in [0.717, 1.165) is 24.0 Å². The van der Waals surface area contributed by atoms with Crippen LogP contribution in [0.4, 0.5) is 0 Å². The molecule has 2 rings (SSSR count). The maximum atomic E-state index is 12.2. The average Bonchev–Trinajstić information content (AvgIpc) is 2.66. The van der Waals surface area contributed by atoms with Crippen molar-refractivity contribution in [1.29, 1.82) is 0 Å². The normalized spacial score (nSPS) is 14.2. The molecule has 0 radical (unpaired) electrons. The van der Waals surface area contributed by atoms with Crippen molar-refractivity contribution < 1.29 is 9.59 Å². The van der Waals surface area contributed by atoms with Crippen LogP contribution in [0.25, 0.3) is 0 Å². The van der Waals surface area contributed by atoms with Gasteiger partial charge in [-0.15, -0.1) is 0 Å². The van der Waals surface area contributed by atoms with Crippen molar-refractivity contribution >= 4 is 27.7 Å². The van der Waals surface area contributed by atoms with Gasteiger partial charge in [0, 0.05) is 17.6 Å². The molecule has 1 aromatic rings. The van der Waals surface area contributed by atoms with Gasteiger partial charge in [0.05, 0.1) is 11.1 Å². The van der Waals surface area contributed by atoms with Gasteiger partial charge in [-0.25, -0.2) is 0 Å². The smallest absolute Gasteiger partial charge is 0.261 e. The monoisotopic (exact) mass is 353 g/mol. The number of halogens is 1. The van der Waals surface area contributed by atoms with E-state index in [2.05, 4.69) is 26.1 Å². The maximum Gasteiger partial charge on any atom is 0.261 e. The van der Waals surface area contributed by atoms with Crippen LogP contribution in [-0.2, 0) is 0 Å². The van der Waals surface area contributed by atoms with Crippen molar-refractivity contribution in [3.05, 3.63) is 33.8 Å². The number of nitrogens with one attached hydrogen (secondary N) is 1. The summed E-state index contributed by atoms with van der Waals surface area (Å²) in [4.78, 5) is 27.8. The molecule has 0 fully saturated rings. The lowest BCUT2D eigenvalue weighted by molar-refractivity contribution is 0.0655. The summed E-state index contributed by atoms with van der Waals surface area (Å²) in [6.07, 6.45) is 1.04. The fraction of sp³-hybridized carbons (Fsp3) is 0.467. The van der Waals surface area contributed by atoms with Gasteiger partial charge in [0.15, 0.2) is 0 Å². The van der Waals surface area contributed by atoms with E-state index in [1.54, 1.807) is 18.2 Å². The number of imide groups is 1. The van der Waals surface area contributed by atoms with E-state index in [4.69, 9.17) is 0 Å². The summed E-state index contributed by atoms with van der Waals surface area (Å²) < 4.78 is 0.811. The molecule has 0 unspecified atom stereocenters. The molecule has 0 saturated heterocycles. The Morgan fingerprint density at radius 1 is 1.14 bits per heavy atom. The topological polar surface area (TPSA) is 52.6 Å². The standard InChI is InChI=1S/C15H20BrN3O2/c1-18(2)8-3-6-17-7-9-19-14(20)12-5-4-11(16)10-13(12)15(19)21/h4-5,10,17H,3,6-9H2,1-2H3. The summed E-state index contributed by atoms with van der Waals surface area (Å²) in [5, 5.41) is 3.26. The van der Waals surface area contributed by atoms with Crippen LogP contribution in [0.15, 0.2) is 22.7 Å². The van der Waals surface area contributed by atoms with Crippen LogP contribution >= 0.6 is 15.9 Å². The first-order valence-corrected chi connectivity index (χ1v) is 7.81. The van der Waals surface area contributed by atoms with E-state index < -0.39 is 0 Å². The van der Waals surface area contributed by atoms with Gasteiger partial charge in [0.2, 0.25) is 0 Å². The second kappa shape index (κ2) is 7.15. The van der Waals surface area contributed by atoms with Gasteiger partial charge in [0.25, 0.3) is 11.8 Å². The first-order valence-electron chi connectivity index (χ1n) is 7.02. The summed E-state index contributed by atoms with van der Waals surface area (Å²) >= 11 is 3.33. The number of hydrogen-bond acceptors (Lipinski definition) is 4. The lowest BCUT2D eigenvalue weighted by Gasteiger charge is -2.14. The van der Waals surface area contributed by atoms with E-state index in [1.165, 1.54) is 4.90 Å². The molecule has 0 spiro atoms. The largest absolute Gasteiger partial charge is 0.315 e. The number of carbonyl (C=O) groups excluding carboxylic acids is 2. The SMILES string of the molecule is CN(C)CCCNCCN1C(=O)c2ccc(Br)cc2C1=O. The minimum absolute atomic E-state index is 0.197. The number of benzene rings is 1. The van der Waals surface area contributed by atoms with E-state index in [0.29, 0.717) is 24.2 Å². The second-order valence-electron chi connectivity index (χ2n) is 5.36. The number of fused-ring (bicyclic) bond motifs is 1. The molecule has 0 bridgehead atoms. The third-order valence-corrected chi connectivity index (χ3v) is 3.90. The highest BCUT2D eigenvalue weighted by Crippen LogP contribution is 2.25. The van der Waals surface area contributed by atoms with Crippen molar-refractivity contribution in [3.63, 3.8) is 0 Å². The predicted octanol–water partition coefficient (Wildman–Crippen LogP) is 1.59. The molecule has 114 valence electrons. The highest BCUT2D eigenvalue weighted by Gasteiger charge is 2.34. The zero-order valence-corrected chi connectivity index (χ0v) is 13.9. The molecule has 1 aromatic carbocycles. The first-order chi connectivity index (χ1) is 10.0. The van der Waals surface area contributed by atoms with Gasteiger partial charge < -0.3 is 10.2 Å². The van der Waals surface area contributed by atoms with Crippen molar-refractivity contribution in [2.75, 3.05) is 40.3 Å². The summed E-state index contributed by atoms with van der Waals surface area (Å²) in [6.45, 7) is 2.94. The fourth-order valence-electron chi connectivity index (χ4n) is 2.30. The highest BCUT2D eigenvalue weighted by molar-refractivity contribution is 9.10. The van der Waals surface area contributed by atoms with Crippen LogP contribution in [0.5, 0.6) is 0 Å². The number of hydrogen-bond donors (Lipinski definition) is 1. The molecule has 2 amide bonds. The molecule has 5 nitrogen and oxygen atoms in total. The molecule has 1 aliphatic heterocycles. The van der Waals surface area contributed by atoms with Gasteiger partial charge in [0.1, 0.15) is 0 Å². The Morgan fingerprint density at radius 3 is 2.57 bits per heavy atom. The quantitative estimate of drug-likeness (QED) is 0.597. The molecular formula is C15H20BrN3O2. The third kappa shape index (κ3) is 3.90. The molecule has 1 N–H and O–H groups in total. The number of carbonyl (C=O) groups is 2. The Labute approximate surface area is 133 Å². The minimum Gasteiger partial charge on any atom is -0.315 e. The predicted molar refractivity (Wildman–Crippen MR) is 85.5 cm³/mol. The maximum absolute atomic E-state index is 12.2. The molecule has 0 atom stereocenters. The molecule has 1 heterocycles. The Balaban J connectivity index is 1.83. The van der Waals surface area contributed by atoms with E-state index in [1.807, 2.05) is 14.1 Å². The Bertz CT molecular complexity index is 546. The van der Waals surface area contributed by atoms with Crippen molar-refractivity contribution in [3.8, 4) is 0 Å². The summed E-state index contributed by atoms with van der Waals surface area (Å²) in [6, 6.07) is 5.19. The molecule has 0 aromatic heterocycles. The lowest BCUT2D eigenvalue weighted by atomic mass is 10.1. The van der Waals surface area contributed by atoms with Gasteiger partial charge in [-0.05, 0) is 51.8 Å². The second-order valence-corrected chi connectivity index (χ2v) is 6.27. The Morgan fingerprint density at radius 2 is 1.86 bits per heavy atom. The zero-order chi connectivity index (χ0) is 15.4. The van der Waals surface area contributed by atoms with Crippen LogP contribution in [0.1, 0.15) is 27.1 Å². The van der Waals surface area contributed by atoms with Gasteiger partial charge in [-0.2, -0.15) is 0 Å². The molecule has 0 saturated carbocycles. The van der Waals surface area contributed by atoms with Crippen LogP contribution in [-0.4, -0.2) is 61.9 Å². The molecule has 1 aliphatic rings. The third-order valence-electron chi connectivity index (χ3n) is 3.40. The number of amides is 2. The van der Waals surface area contributed by atoms with Crippen LogP contribution in [0.3, 0.4) is 0 Å². The Kier molecular flexibility index (Phi) is 5.50. The van der Waals surface area contributed by atoms with Crippen LogP contribution < -0.4 is 5.32 Å². The number of rotatable bonds is 7. The van der Waals surface area contributed by atoms with Crippen molar-refractivity contribution in [2.45, 2.75) is 6.42 Å². The van der Waals surface area contributed by atoms with Crippen molar-refractivity contribution in [1.82, 2.24) is 15.1 Å². The zero-order valence-electron chi connectivity index (χ0n) is 12.4.